The third-order valence-corrected chi connectivity index (χ3v) is 7.68. The number of piperidine rings is 1. The molecule has 9 nitrogen and oxygen atoms in total. The van der Waals surface area contributed by atoms with Gasteiger partial charge in [-0.1, -0.05) is 12.1 Å². The quantitative estimate of drug-likeness (QED) is 0.367. The first kappa shape index (κ1) is 26.0. The second-order valence-corrected chi connectivity index (χ2v) is 10.2. The lowest BCUT2D eigenvalue weighted by molar-refractivity contribution is -0.144. The minimum atomic E-state index is -3.54. The Hall–Kier alpha value is -2.27. The normalized spacial score (nSPS) is 16.5. The molecule has 1 amide bonds. The Balaban J connectivity index is 1.94. The molecule has 1 heterocycles. The minimum absolute atomic E-state index is 0.0869. The summed E-state index contributed by atoms with van der Waals surface area (Å²) >= 11 is 0. The van der Waals surface area contributed by atoms with Crippen LogP contribution in [0.3, 0.4) is 0 Å². The van der Waals surface area contributed by atoms with Crippen LogP contribution in [-0.2, 0) is 26.0 Å². The molecule has 0 aliphatic carbocycles. The Morgan fingerprint density at radius 1 is 1.34 bits per heavy atom. The predicted molar refractivity (Wildman–Crippen MR) is 122 cm³/mol. The van der Waals surface area contributed by atoms with Crippen molar-refractivity contribution in [3.05, 3.63) is 47.5 Å². The van der Waals surface area contributed by atoms with Crippen LogP contribution in [0.5, 0.6) is 0 Å². The number of likely N-dealkylation sites (N-methyl/N-ethyl adjacent to an activating group) is 1. The van der Waals surface area contributed by atoms with Crippen molar-refractivity contribution in [1.29, 1.82) is 0 Å². The van der Waals surface area contributed by atoms with E-state index >= 15 is 0 Å². The van der Waals surface area contributed by atoms with Crippen LogP contribution in [0.25, 0.3) is 0 Å². The molecule has 1 aromatic rings. The molecule has 3 N–H and O–H groups in total. The summed E-state index contributed by atoms with van der Waals surface area (Å²) in [6, 6.07) is 5.25. The number of nitrogens with two attached hydrogens (primary N) is 1. The summed E-state index contributed by atoms with van der Waals surface area (Å²) in [5, 5.41) is 9.20. The van der Waals surface area contributed by atoms with Gasteiger partial charge in [0.05, 0.1) is 19.0 Å². The Kier molecular flexibility index (Phi) is 8.97. The second kappa shape index (κ2) is 11.0. The van der Waals surface area contributed by atoms with E-state index < -0.39 is 21.5 Å². The number of carbonyl (C=O) groups is 2. The van der Waals surface area contributed by atoms with Crippen LogP contribution in [0, 0.1) is 6.92 Å². The molecule has 1 aromatic carbocycles. The first-order valence-corrected chi connectivity index (χ1v) is 12.1. The van der Waals surface area contributed by atoms with Crippen LogP contribution in [-0.4, -0.2) is 85.8 Å². The third kappa shape index (κ3) is 6.61. The number of nitrogens with zero attached hydrogens (tertiary/aromatic N) is 2. The van der Waals surface area contributed by atoms with Crippen molar-refractivity contribution in [2.45, 2.75) is 31.7 Å². The van der Waals surface area contributed by atoms with Crippen LogP contribution in [0.15, 0.2) is 30.9 Å². The number of amides is 1. The van der Waals surface area contributed by atoms with Gasteiger partial charge in [-0.25, -0.2) is 12.7 Å². The average molecular weight is 468 g/mol. The van der Waals surface area contributed by atoms with Crippen LogP contribution in [0.1, 0.15) is 34.3 Å². The van der Waals surface area contributed by atoms with E-state index in [-0.39, 0.29) is 37.6 Å². The Morgan fingerprint density at radius 2 is 2.00 bits per heavy atom. The van der Waals surface area contributed by atoms with E-state index in [0.717, 1.165) is 11.1 Å². The molecule has 178 valence electrons. The van der Waals surface area contributed by atoms with Gasteiger partial charge in [0.1, 0.15) is 5.54 Å². The van der Waals surface area contributed by atoms with Crippen LogP contribution in [0.4, 0.5) is 0 Å². The molecule has 32 heavy (non-hydrogen) atoms. The fraction of sp³-hybridized carbons (Fsp3) is 0.545. The van der Waals surface area contributed by atoms with Crippen molar-refractivity contribution in [3.8, 4) is 0 Å². The number of carboxylic acids is 1. The summed E-state index contributed by atoms with van der Waals surface area (Å²) in [6.45, 7) is 6.92. The molecule has 10 heteroatoms. The molecule has 0 saturated carbocycles. The van der Waals surface area contributed by atoms with Crippen molar-refractivity contribution < 1.29 is 27.9 Å². The van der Waals surface area contributed by atoms with Gasteiger partial charge < -0.3 is 20.5 Å². The van der Waals surface area contributed by atoms with E-state index in [1.165, 1.54) is 4.31 Å². The first-order chi connectivity index (χ1) is 15.0. The zero-order chi connectivity index (χ0) is 23.9. The van der Waals surface area contributed by atoms with E-state index in [9.17, 15) is 23.1 Å². The topological polar surface area (TPSA) is 130 Å². The number of carboxylic acid groups (broad SMARTS) is 1. The van der Waals surface area contributed by atoms with Gasteiger partial charge in [0.2, 0.25) is 10.0 Å². The molecule has 0 radical (unpaired) electrons. The lowest BCUT2D eigenvalue weighted by Crippen LogP contribution is -2.56. The number of hydrogen-bond acceptors (Lipinski definition) is 6. The van der Waals surface area contributed by atoms with Gasteiger partial charge in [0, 0.05) is 32.2 Å². The fourth-order valence-electron chi connectivity index (χ4n) is 3.54. The largest absolute Gasteiger partial charge is 0.480 e. The zero-order valence-electron chi connectivity index (χ0n) is 18.7. The van der Waals surface area contributed by atoms with Crippen molar-refractivity contribution in [2.75, 3.05) is 45.6 Å². The number of benzene rings is 1. The van der Waals surface area contributed by atoms with E-state index in [1.807, 2.05) is 6.92 Å². The molecule has 1 aliphatic rings. The molecule has 1 saturated heterocycles. The van der Waals surface area contributed by atoms with E-state index in [1.54, 1.807) is 36.2 Å². The lowest BCUT2D eigenvalue weighted by Gasteiger charge is -2.35. The highest BCUT2D eigenvalue weighted by Crippen LogP contribution is 2.23. The number of rotatable bonds is 11. The number of carbonyl (C=O) groups excluding carboxylic acids is 1. The molecule has 0 spiro atoms. The SMILES string of the molecule is C=CCOCCN(C)C(=O)c1ccc(CCS(=O)(=O)N2CCC(N)(C(=O)O)CC2)c(C)c1. The Labute approximate surface area is 189 Å². The highest BCUT2D eigenvalue weighted by atomic mass is 32.2. The number of hydrogen-bond donors (Lipinski definition) is 2. The molecular formula is C22H33N3O6S. The second-order valence-electron chi connectivity index (χ2n) is 8.16. The van der Waals surface area contributed by atoms with Crippen molar-refractivity contribution in [3.63, 3.8) is 0 Å². The lowest BCUT2D eigenvalue weighted by atomic mass is 9.90. The summed E-state index contributed by atoms with van der Waals surface area (Å²) < 4.78 is 32.1. The van der Waals surface area contributed by atoms with Gasteiger partial charge in [0.25, 0.3) is 5.91 Å². The van der Waals surface area contributed by atoms with Crippen LogP contribution in [0.2, 0.25) is 0 Å². The number of ether oxygens (including phenoxy) is 1. The maximum Gasteiger partial charge on any atom is 0.323 e. The average Bonchev–Trinajstić information content (AvgIpc) is 2.75. The molecular weight excluding hydrogens is 434 g/mol. The third-order valence-electron chi connectivity index (χ3n) is 5.81. The summed E-state index contributed by atoms with van der Waals surface area (Å²) in [5.74, 6) is -1.33. The zero-order valence-corrected chi connectivity index (χ0v) is 19.6. The highest BCUT2D eigenvalue weighted by Gasteiger charge is 2.40. The molecule has 1 aliphatic heterocycles. The number of aliphatic carboxylic acids is 1. The van der Waals surface area contributed by atoms with Crippen molar-refractivity contribution in [1.82, 2.24) is 9.21 Å². The van der Waals surface area contributed by atoms with Gasteiger partial charge >= 0.3 is 5.97 Å². The molecule has 2 rings (SSSR count). The maximum atomic E-state index is 12.7. The summed E-state index contributed by atoms with van der Waals surface area (Å²) in [5.41, 5.74) is 6.68. The molecule has 1 fully saturated rings. The molecule has 0 bridgehead atoms. The Bertz CT molecular complexity index is 939. The number of sulfonamides is 1. The maximum absolute atomic E-state index is 12.7. The van der Waals surface area contributed by atoms with Crippen molar-refractivity contribution >= 4 is 21.9 Å². The predicted octanol–water partition coefficient (Wildman–Crippen LogP) is 1.02. The van der Waals surface area contributed by atoms with E-state index in [2.05, 4.69) is 6.58 Å². The summed E-state index contributed by atoms with van der Waals surface area (Å²) in [4.78, 5) is 25.4. The fourth-order valence-corrected chi connectivity index (χ4v) is 5.02. The molecule has 0 atom stereocenters. The smallest absolute Gasteiger partial charge is 0.323 e. The monoisotopic (exact) mass is 467 g/mol. The van der Waals surface area contributed by atoms with Gasteiger partial charge in [-0.05, 0) is 49.4 Å². The van der Waals surface area contributed by atoms with Gasteiger partial charge in [-0.15, -0.1) is 6.58 Å². The number of aryl methyl sites for hydroxylation is 2. The summed E-state index contributed by atoms with van der Waals surface area (Å²) in [7, 11) is -1.84. The summed E-state index contributed by atoms with van der Waals surface area (Å²) in [6.07, 6.45) is 2.13. The van der Waals surface area contributed by atoms with Gasteiger partial charge in [-0.3, -0.25) is 9.59 Å². The van der Waals surface area contributed by atoms with Gasteiger partial charge in [0.15, 0.2) is 0 Å². The molecule has 0 aromatic heterocycles. The van der Waals surface area contributed by atoms with E-state index in [0.29, 0.717) is 31.7 Å². The van der Waals surface area contributed by atoms with Crippen LogP contribution < -0.4 is 5.73 Å². The standard InChI is InChI=1S/C22H33N3O6S/c1-4-13-31-14-12-24(3)20(26)19-6-5-18(17(2)16-19)7-15-32(29,30)25-10-8-22(23,9-11-25)21(27)28/h4-6,16H,1,7-15,23H2,2-3H3,(H,27,28). The van der Waals surface area contributed by atoms with Crippen molar-refractivity contribution in [2.24, 2.45) is 5.73 Å². The Morgan fingerprint density at radius 3 is 2.56 bits per heavy atom. The van der Waals surface area contributed by atoms with Crippen LogP contribution >= 0.6 is 0 Å². The molecule has 0 unspecified atom stereocenters. The first-order valence-electron chi connectivity index (χ1n) is 10.5. The van der Waals surface area contributed by atoms with E-state index in [4.69, 9.17) is 10.5 Å². The highest BCUT2D eigenvalue weighted by molar-refractivity contribution is 7.89. The van der Waals surface area contributed by atoms with Gasteiger partial charge in [-0.2, -0.15) is 0 Å². The minimum Gasteiger partial charge on any atom is -0.480 e.